The number of piperazine rings is 1. The molecule has 1 rings (SSSR count). The van der Waals surface area contributed by atoms with Gasteiger partial charge in [0.1, 0.15) is 6.29 Å². The summed E-state index contributed by atoms with van der Waals surface area (Å²) in [6, 6.07) is 0. The average Bonchev–Trinajstić information content (AvgIpc) is 2.69. The highest BCUT2D eigenvalue weighted by molar-refractivity contribution is 7.81. The molecule has 7 heteroatoms. The monoisotopic (exact) mass is 473 g/mol. The summed E-state index contributed by atoms with van der Waals surface area (Å²) in [4.78, 5) is 40.6. The lowest BCUT2D eigenvalue weighted by atomic mass is 9.73. The minimum Gasteiger partial charge on any atom is -0.342 e. The fourth-order valence-electron chi connectivity index (χ4n) is 4.09. The maximum absolute atomic E-state index is 13.1. The number of hydrogen-bond acceptors (Lipinski definition) is 5. The van der Waals surface area contributed by atoms with Crippen molar-refractivity contribution < 1.29 is 14.4 Å². The van der Waals surface area contributed by atoms with Gasteiger partial charge in [-0.3, -0.25) is 9.59 Å². The molecule has 0 aromatic rings. The van der Waals surface area contributed by atoms with Crippen molar-refractivity contribution in [1.29, 1.82) is 0 Å². The van der Waals surface area contributed by atoms with E-state index in [0.717, 1.165) is 32.5 Å². The summed E-state index contributed by atoms with van der Waals surface area (Å²) >= 11 is 4.58. The van der Waals surface area contributed by atoms with Gasteiger partial charge in [0, 0.05) is 42.4 Å². The van der Waals surface area contributed by atoms with Crippen LogP contribution in [0.4, 0.5) is 0 Å². The number of amides is 2. The van der Waals surface area contributed by atoms with Crippen LogP contribution < -0.4 is 5.32 Å². The Morgan fingerprint density at radius 1 is 0.844 bits per heavy atom. The molecule has 1 aliphatic rings. The lowest BCUT2D eigenvalue weighted by Crippen LogP contribution is -2.54. The van der Waals surface area contributed by atoms with Gasteiger partial charge in [-0.15, -0.1) is 0 Å². The second kappa shape index (κ2) is 13.6. The molecule has 0 radical (unpaired) electrons. The van der Waals surface area contributed by atoms with E-state index >= 15 is 0 Å². The van der Waals surface area contributed by atoms with Gasteiger partial charge in [0.2, 0.25) is 11.8 Å². The van der Waals surface area contributed by atoms with E-state index in [0.29, 0.717) is 12.8 Å². The first-order chi connectivity index (χ1) is 14.5. The average molecular weight is 474 g/mol. The van der Waals surface area contributed by atoms with Gasteiger partial charge in [0.15, 0.2) is 0 Å². The Labute approximate surface area is 203 Å². The molecule has 0 spiro atoms. The molecule has 190 valence electrons. The van der Waals surface area contributed by atoms with E-state index in [9.17, 15) is 14.4 Å². The van der Waals surface area contributed by atoms with Crippen molar-refractivity contribution in [1.82, 2.24) is 15.1 Å². The Hall–Kier alpha value is -1.08. The van der Waals surface area contributed by atoms with Crippen LogP contribution in [0.25, 0.3) is 0 Å². The summed E-state index contributed by atoms with van der Waals surface area (Å²) in [7, 11) is 2.06. The lowest BCUT2D eigenvalue weighted by molar-refractivity contribution is -0.145. The molecule has 0 bridgehead atoms. The standard InChI is InChI=1S/C21H39N3O3S.2C2H6/c1-18(2,15-25)13-21(7,28)22-16(26)19(3,4)14-20(5,6)17(27)24-11-9-23(8)10-12-24;2*1-2/h15,28H,9-14H2,1-8H3,(H,22,26);2*1-2H3. The van der Waals surface area contributed by atoms with E-state index in [2.05, 4.69) is 29.9 Å². The zero-order valence-corrected chi connectivity index (χ0v) is 23.8. The Kier molecular flexibility index (Phi) is 14.0. The highest BCUT2D eigenvalue weighted by Gasteiger charge is 2.43. The van der Waals surface area contributed by atoms with Crippen molar-refractivity contribution in [2.24, 2.45) is 16.2 Å². The van der Waals surface area contributed by atoms with Gasteiger partial charge in [-0.1, -0.05) is 69.2 Å². The predicted molar refractivity (Wildman–Crippen MR) is 139 cm³/mol. The smallest absolute Gasteiger partial charge is 0.228 e. The van der Waals surface area contributed by atoms with Crippen LogP contribution in [0.2, 0.25) is 0 Å². The van der Waals surface area contributed by atoms with Gasteiger partial charge in [0.25, 0.3) is 0 Å². The Balaban J connectivity index is 0. The van der Waals surface area contributed by atoms with Crippen molar-refractivity contribution in [2.75, 3.05) is 33.2 Å². The summed E-state index contributed by atoms with van der Waals surface area (Å²) in [6.45, 7) is 24.2. The summed E-state index contributed by atoms with van der Waals surface area (Å²) < 4.78 is 0. The zero-order chi connectivity index (χ0) is 26.0. The van der Waals surface area contributed by atoms with Crippen LogP contribution in [0.1, 0.15) is 89.0 Å². The zero-order valence-electron chi connectivity index (χ0n) is 22.9. The van der Waals surface area contributed by atoms with Gasteiger partial charge in [-0.05, 0) is 26.8 Å². The van der Waals surface area contributed by atoms with Crippen LogP contribution in [-0.2, 0) is 14.4 Å². The van der Waals surface area contributed by atoms with Crippen LogP contribution in [-0.4, -0.2) is 66.0 Å². The quantitative estimate of drug-likeness (QED) is 0.306. The lowest BCUT2D eigenvalue weighted by Gasteiger charge is -2.41. The molecule has 0 aromatic carbocycles. The number of thiol groups is 1. The van der Waals surface area contributed by atoms with Crippen LogP contribution in [0, 0.1) is 16.2 Å². The molecule has 1 atom stereocenters. The largest absolute Gasteiger partial charge is 0.342 e. The van der Waals surface area contributed by atoms with Crippen LogP contribution >= 0.6 is 12.6 Å². The molecule has 1 unspecified atom stereocenters. The molecule has 0 aliphatic carbocycles. The Morgan fingerprint density at radius 2 is 1.28 bits per heavy atom. The second-order valence-corrected chi connectivity index (χ2v) is 11.5. The summed E-state index contributed by atoms with van der Waals surface area (Å²) in [5, 5.41) is 2.97. The second-order valence-electron chi connectivity index (χ2n) is 10.6. The van der Waals surface area contributed by atoms with E-state index in [4.69, 9.17) is 0 Å². The molecule has 1 aliphatic heterocycles. The third-order valence-corrected chi connectivity index (χ3v) is 5.64. The van der Waals surface area contributed by atoms with Crippen molar-refractivity contribution >= 4 is 30.7 Å². The number of nitrogens with one attached hydrogen (secondary N) is 1. The third-order valence-electron chi connectivity index (χ3n) is 5.37. The van der Waals surface area contributed by atoms with Crippen molar-refractivity contribution in [2.45, 2.75) is 93.9 Å². The molecule has 2 amide bonds. The van der Waals surface area contributed by atoms with Gasteiger partial charge < -0.3 is 19.9 Å². The van der Waals surface area contributed by atoms with E-state index in [1.54, 1.807) is 6.92 Å². The molecule has 1 fully saturated rings. The number of likely N-dealkylation sites (N-methyl/N-ethyl adjacent to an activating group) is 1. The van der Waals surface area contributed by atoms with Crippen molar-refractivity contribution in [3.8, 4) is 0 Å². The normalized spacial score (nSPS) is 17.1. The molecule has 1 N–H and O–H groups in total. The Bertz CT molecular complexity index is 593. The summed E-state index contributed by atoms with van der Waals surface area (Å²) in [5.41, 5.74) is -1.97. The molecule has 1 heterocycles. The van der Waals surface area contributed by atoms with Crippen molar-refractivity contribution in [3.63, 3.8) is 0 Å². The number of carbonyl (C=O) groups is 3. The highest BCUT2D eigenvalue weighted by Crippen LogP contribution is 2.37. The van der Waals surface area contributed by atoms with Gasteiger partial charge in [-0.25, -0.2) is 0 Å². The fraction of sp³-hybridized carbons (Fsp3) is 0.880. The first-order valence-electron chi connectivity index (χ1n) is 12.0. The highest BCUT2D eigenvalue weighted by atomic mass is 32.1. The van der Waals surface area contributed by atoms with Gasteiger partial charge >= 0.3 is 0 Å². The van der Waals surface area contributed by atoms with Crippen LogP contribution in [0.3, 0.4) is 0 Å². The van der Waals surface area contributed by atoms with Crippen LogP contribution in [0.15, 0.2) is 0 Å². The molecular weight excluding hydrogens is 422 g/mol. The number of rotatable bonds is 8. The van der Waals surface area contributed by atoms with Crippen LogP contribution in [0.5, 0.6) is 0 Å². The van der Waals surface area contributed by atoms with E-state index in [1.165, 1.54) is 0 Å². The number of hydrogen-bond donors (Lipinski definition) is 2. The molecule has 0 aromatic heterocycles. The topological polar surface area (TPSA) is 69.7 Å². The first-order valence-corrected chi connectivity index (χ1v) is 12.5. The van der Waals surface area contributed by atoms with E-state index in [-0.39, 0.29) is 11.8 Å². The Morgan fingerprint density at radius 3 is 1.69 bits per heavy atom. The first kappa shape index (κ1) is 33.1. The van der Waals surface area contributed by atoms with Gasteiger partial charge in [0.05, 0.1) is 4.87 Å². The maximum atomic E-state index is 13.1. The van der Waals surface area contributed by atoms with Crippen molar-refractivity contribution in [3.05, 3.63) is 0 Å². The molecule has 1 saturated heterocycles. The fourth-order valence-corrected chi connectivity index (χ4v) is 4.59. The maximum Gasteiger partial charge on any atom is 0.228 e. The SMILES string of the molecule is CC.CC.CN1CCN(C(=O)C(C)(C)CC(C)(C)C(=O)NC(C)(S)CC(C)(C)C=O)CC1. The number of nitrogens with zero attached hydrogens (tertiary/aromatic N) is 2. The minimum absolute atomic E-state index is 0.0946. The number of aldehydes is 1. The van der Waals surface area contributed by atoms with E-state index < -0.39 is 21.1 Å². The summed E-state index contributed by atoms with van der Waals surface area (Å²) in [6.07, 6.45) is 1.73. The summed E-state index contributed by atoms with van der Waals surface area (Å²) in [5.74, 6) is -0.0665. The molecular formula is C25H51N3O3S. The third kappa shape index (κ3) is 11.2. The van der Waals surface area contributed by atoms with E-state index in [1.807, 2.05) is 74.1 Å². The number of carbonyl (C=O) groups excluding carboxylic acids is 3. The minimum atomic E-state index is -0.815. The molecule has 32 heavy (non-hydrogen) atoms. The van der Waals surface area contributed by atoms with Gasteiger partial charge in [-0.2, -0.15) is 12.6 Å². The predicted octanol–water partition coefficient (Wildman–Crippen LogP) is 4.63. The molecule has 0 saturated carbocycles. The molecule has 6 nitrogen and oxygen atoms in total.